The smallest absolute Gasteiger partial charge is 0.305 e. The van der Waals surface area contributed by atoms with Gasteiger partial charge in [-0.3, -0.25) is 14.5 Å². The molecule has 1 saturated heterocycles. The van der Waals surface area contributed by atoms with Crippen LogP contribution in [0.25, 0.3) is 10.2 Å². The number of fused-ring (bicyclic) bond motifs is 1. The van der Waals surface area contributed by atoms with Crippen LogP contribution in [-0.4, -0.2) is 58.6 Å². The number of aromatic nitrogens is 1. The van der Waals surface area contributed by atoms with Crippen molar-refractivity contribution in [3.63, 3.8) is 0 Å². The molecule has 1 aliphatic rings. The van der Waals surface area contributed by atoms with E-state index in [1.54, 1.807) is 24.1 Å². The summed E-state index contributed by atoms with van der Waals surface area (Å²) in [5.41, 5.74) is 2.19. The molecule has 1 amide bonds. The van der Waals surface area contributed by atoms with Crippen molar-refractivity contribution in [2.75, 3.05) is 26.7 Å². The number of likely N-dealkylation sites (N-methyl/N-ethyl adjacent to an activating group) is 1. The SMILES string of the molecule is CN(C(=O)Cc1ccc2sc(=O)[nH]c2c1)[C@H](CN1CCC(O)C1)c1cc(F)cc(C#N)c1. The van der Waals surface area contributed by atoms with Gasteiger partial charge in [-0.25, -0.2) is 4.39 Å². The van der Waals surface area contributed by atoms with Crippen molar-refractivity contribution in [3.05, 3.63) is 68.6 Å². The van der Waals surface area contributed by atoms with Gasteiger partial charge in [-0.2, -0.15) is 5.26 Å². The summed E-state index contributed by atoms with van der Waals surface area (Å²) in [4.78, 5) is 31.0. The summed E-state index contributed by atoms with van der Waals surface area (Å²) in [6, 6.07) is 11.0. The summed E-state index contributed by atoms with van der Waals surface area (Å²) < 4.78 is 15.0. The second-order valence-corrected chi connectivity index (χ2v) is 9.14. The molecule has 32 heavy (non-hydrogen) atoms. The number of benzene rings is 2. The molecular formula is C23H23FN4O3S. The Morgan fingerprint density at radius 1 is 1.41 bits per heavy atom. The summed E-state index contributed by atoms with van der Waals surface area (Å²) in [5, 5.41) is 19.1. The lowest BCUT2D eigenvalue weighted by molar-refractivity contribution is -0.131. The molecule has 0 bridgehead atoms. The van der Waals surface area contributed by atoms with E-state index < -0.39 is 18.0 Å². The topological polar surface area (TPSA) is 100 Å². The highest BCUT2D eigenvalue weighted by molar-refractivity contribution is 7.16. The third-order valence-electron chi connectivity index (χ3n) is 5.81. The number of amides is 1. The molecule has 1 aromatic heterocycles. The molecule has 2 aromatic carbocycles. The van der Waals surface area contributed by atoms with Gasteiger partial charge in [0.1, 0.15) is 5.82 Å². The molecule has 7 nitrogen and oxygen atoms in total. The predicted octanol–water partition coefficient (Wildman–Crippen LogP) is 2.41. The lowest BCUT2D eigenvalue weighted by atomic mass is 10.0. The lowest BCUT2D eigenvalue weighted by Crippen LogP contribution is -2.39. The maximum Gasteiger partial charge on any atom is 0.305 e. The maximum atomic E-state index is 14.2. The summed E-state index contributed by atoms with van der Waals surface area (Å²) >= 11 is 1.12. The molecular weight excluding hydrogens is 431 g/mol. The van der Waals surface area contributed by atoms with Crippen molar-refractivity contribution < 1.29 is 14.3 Å². The number of aromatic amines is 1. The quantitative estimate of drug-likeness (QED) is 0.596. The Labute approximate surface area is 188 Å². The number of carbonyl (C=O) groups is 1. The third-order valence-corrected chi connectivity index (χ3v) is 6.68. The highest BCUT2D eigenvalue weighted by atomic mass is 32.1. The molecule has 3 aromatic rings. The minimum absolute atomic E-state index is 0.115. The second-order valence-electron chi connectivity index (χ2n) is 8.13. The highest BCUT2D eigenvalue weighted by Gasteiger charge is 2.29. The molecule has 166 valence electrons. The Balaban J connectivity index is 1.59. The van der Waals surface area contributed by atoms with E-state index in [9.17, 15) is 24.3 Å². The highest BCUT2D eigenvalue weighted by Crippen LogP contribution is 2.26. The van der Waals surface area contributed by atoms with Gasteiger partial charge in [-0.05, 0) is 47.9 Å². The Morgan fingerprint density at radius 3 is 2.94 bits per heavy atom. The van der Waals surface area contributed by atoms with Gasteiger partial charge in [0.15, 0.2) is 0 Å². The molecule has 2 heterocycles. The molecule has 0 aliphatic carbocycles. The molecule has 0 saturated carbocycles. The number of aliphatic hydroxyl groups excluding tert-OH is 1. The maximum absolute atomic E-state index is 14.2. The van der Waals surface area contributed by atoms with Gasteiger partial charge < -0.3 is 15.0 Å². The van der Waals surface area contributed by atoms with Crippen LogP contribution in [0.2, 0.25) is 0 Å². The van der Waals surface area contributed by atoms with Crippen LogP contribution in [0.1, 0.15) is 29.2 Å². The van der Waals surface area contributed by atoms with Crippen molar-refractivity contribution in [1.29, 1.82) is 5.26 Å². The van der Waals surface area contributed by atoms with Gasteiger partial charge in [-0.1, -0.05) is 17.4 Å². The molecule has 2 atom stereocenters. The Morgan fingerprint density at radius 2 is 2.22 bits per heavy atom. The first kappa shape index (κ1) is 22.1. The molecule has 0 spiro atoms. The minimum atomic E-state index is -0.529. The van der Waals surface area contributed by atoms with Crippen LogP contribution in [0.15, 0.2) is 41.2 Å². The summed E-state index contributed by atoms with van der Waals surface area (Å²) in [5.74, 6) is -0.701. The molecule has 1 fully saturated rings. The zero-order valence-corrected chi connectivity index (χ0v) is 18.4. The van der Waals surface area contributed by atoms with Gasteiger partial charge in [-0.15, -0.1) is 0 Å². The Kier molecular flexibility index (Phi) is 6.37. The number of likely N-dealkylation sites (tertiary alicyclic amines) is 1. The second kappa shape index (κ2) is 9.20. The number of β-amino-alcohol motifs (C(OH)–C–C–N with tert-alkyl or cyclic N) is 1. The fourth-order valence-corrected chi connectivity index (χ4v) is 4.84. The van der Waals surface area contributed by atoms with Gasteiger partial charge in [0, 0.05) is 26.7 Å². The minimum Gasteiger partial charge on any atom is -0.392 e. The molecule has 1 aliphatic heterocycles. The zero-order valence-electron chi connectivity index (χ0n) is 17.5. The number of rotatable bonds is 6. The summed E-state index contributed by atoms with van der Waals surface area (Å²) in [7, 11) is 1.67. The van der Waals surface area contributed by atoms with Crippen molar-refractivity contribution in [3.8, 4) is 6.07 Å². The number of thiazole rings is 1. The number of nitriles is 1. The van der Waals surface area contributed by atoms with E-state index in [0.29, 0.717) is 37.1 Å². The molecule has 2 N–H and O–H groups in total. The fourth-order valence-electron chi connectivity index (χ4n) is 4.13. The lowest BCUT2D eigenvalue weighted by Gasteiger charge is -2.32. The van der Waals surface area contributed by atoms with Crippen molar-refractivity contribution >= 4 is 27.5 Å². The van der Waals surface area contributed by atoms with Gasteiger partial charge in [0.05, 0.1) is 40.4 Å². The van der Waals surface area contributed by atoms with Crippen LogP contribution in [0, 0.1) is 17.1 Å². The number of hydrogen-bond donors (Lipinski definition) is 2. The normalized spacial score (nSPS) is 17.4. The first-order valence-corrected chi connectivity index (χ1v) is 11.1. The number of carbonyl (C=O) groups excluding carboxylic acids is 1. The first-order valence-electron chi connectivity index (χ1n) is 10.3. The molecule has 9 heteroatoms. The van der Waals surface area contributed by atoms with E-state index in [1.165, 1.54) is 12.1 Å². The average molecular weight is 455 g/mol. The first-order chi connectivity index (χ1) is 15.3. The van der Waals surface area contributed by atoms with Crippen molar-refractivity contribution in [2.24, 2.45) is 0 Å². The van der Waals surface area contributed by atoms with E-state index in [1.807, 2.05) is 23.1 Å². The Hall–Kier alpha value is -3.06. The third kappa shape index (κ3) is 4.88. The summed E-state index contributed by atoms with van der Waals surface area (Å²) in [6.07, 6.45) is 0.345. The standard InChI is InChI=1S/C23H23FN4O3S/c1-27(22(30)9-14-2-3-21-19(8-14)26-23(31)32-21)20(13-28-5-4-18(29)12-28)16-6-15(11-25)7-17(24)10-16/h2-3,6-8,10,18,20,29H,4-5,9,12-13H2,1H3,(H,26,31)/t18?,20-/m1/s1. The van der Waals surface area contributed by atoms with E-state index in [0.717, 1.165) is 21.6 Å². The number of hydrogen-bond acceptors (Lipinski definition) is 6. The van der Waals surface area contributed by atoms with Crippen LogP contribution in [-0.2, 0) is 11.2 Å². The van der Waals surface area contributed by atoms with Crippen LogP contribution < -0.4 is 4.87 Å². The van der Waals surface area contributed by atoms with E-state index in [4.69, 9.17) is 0 Å². The van der Waals surface area contributed by atoms with E-state index >= 15 is 0 Å². The number of nitrogens with zero attached hydrogens (tertiary/aromatic N) is 3. The van der Waals surface area contributed by atoms with E-state index in [2.05, 4.69) is 4.98 Å². The number of nitrogens with one attached hydrogen (secondary N) is 1. The average Bonchev–Trinajstić information content (AvgIpc) is 3.34. The van der Waals surface area contributed by atoms with Crippen molar-refractivity contribution in [1.82, 2.24) is 14.8 Å². The zero-order chi connectivity index (χ0) is 22.8. The van der Waals surface area contributed by atoms with Gasteiger partial charge >= 0.3 is 4.87 Å². The van der Waals surface area contributed by atoms with Crippen LogP contribution in [0.4, 0.5) is 4.39 Å². The number of aliphatic hydroxyl groups is 1. The Bertz CT molecular complexity index is 1250. The molecule has 4 rings (SSSR count). The van der Waals surface area contributed by atoms with Crippen LogP contribution >= 0.6 is 11.3 Å². The van der Waals surface area contributed by atoms with Gasteiger partial charge in [0.25, 0.3) is 0 Å². The number of halogens is 1. The van der Waals surface area contributed by atoms with Crippen LogP contribution in [0.3, 0.4) is 0 Å². The fraction of sp³-hybridized carbons (Fsp3) is 0.348. The summed E-state index contributed by atoms with van der Waals surface area (Å²) in [6.45, 7) is 1.59. The molecule has 1 unspecified atom stereocenters. The van der Waals surface area contributed by atoms with Crippen molar-refractivity contribution in [2.45, 2.75) is 25.0 Å². The largest absolute Gasteiger partial charge is 0.392 e. The number of H-pyrrole nitrogens is 1. The predicted molar refractivity (Wildman–Crippen MR) is 120 cm³/mol. The van der Waals surface area contributed by atoms with Crippen LogP contribution in [0.5, 0.6) is 0 Å². The van der Waals surface area contributed by atoms with Gasteiger partial charge in [0.2, 0.25) is 5.91 Å². The monoisotopic (exact) mass is 454 g/mol. The van der Waals surface area contributed by atoms with E-state index in [-0.39, 0.29) is 22.8 Å². The molecule has 0 radical (unpaired) electrons.